The topological polar surface area (TPSA) is 119 Å². The Morgan fingerprint density at radius 3 is 2.06 bits per heavy atom. The second kappa shape index (κ2) is 10.7. The fourth-order valence-electron chi connectivity index (χ4n) is 2.68. The highest BCUT2D eigenvalue weighted by Crippen LogP contribution is 2.46. The van der Waals surface area contributed by atoms with Gasteiger partial charge in [0.2, 0.25) is 5.75 Å². The molecule has 2 aromatic rings. The van der Waals surface area contributed by atoms with Gasteiger partial charge in [0.1, 0.15) is 18.0 Å². The fourth-order valence-corrected chi connectivity index (χ4v) is 3.76. The van der Waals surface area contributed by atoms with Gasteiger partial charge in [-0.05, 0) is 24.3 Å². The fraction of sp³-hybridized carbons (Fsp3) is 0.350. The molecule has 10 nitrogen and oxygen atoms in total. The number of hydrogen-bond acceptors (Lipinski definition) is 9. The number of carbonyl (C=O) groups is 1. The lowest BCUT2D eigenvalue weighted by Gasteiger charge is -2.19. The second-order valence-electron chi connectivity index (χ2n) is 5.98. The van der Waals surface area contributed by atoms with Crippen LogP contribution in [-0.2, 0) is 19.5 Å². The summed E-state index contributed by atoms with van der Waals surface area (Å²) in [6, 6.07) is 7.07. The number of benzene rings is 2. The molecule has 0 amide bonds. The van der Waals surface area contributed by atoms with Crippen LogP contribution in [0, 0.1) is 0 Å². The van der Waals surface area contributed by atoms with E-state index in [1.807, 2.05) is 0 Å². The molecule has 0 unspecified atom stereocenters. The molecule has 0 spiro atoms. The predicted molar refractivity (Wildman–Crippen MR) is 112 cm³/mol. The van der Waals surface area contributed by atoms with Crippen LogP contribution in [0.25, 0.3) is 0 Å². The molecule has 0 aromatic heterocycles. The molecule has 0 aliphatic rings. The number of sulfonamides is 1. The zero-order chi connectivity index (χ0) is 23.0. The molecular weight excluding hydrogens is 430 g/mol. The van der Waals surface area contributed by atoms with Crippen LogP contribution in [0.5, 0.6) is 23.0 Å². The molecule has 0 heterocycles. The van der Waals surface area contributed by atoms with Crippen molar-refractivity contribution in [2.45, 2.75) is 4.90 Å². The Kier molecular flexibility index (Phi) is 8.34. The van der Waals surface area contributed by atoms with Gasteiger partial charge in [0.25, 0.3) is 10.0 Å². The van der Waals surface area contributed by atoms with Gasteiger partial charge in [-0.1, -0.05) is 0 Å². The van der Waals surface area contributed by atoms with E-state index in [9.17, 15) is 13.2 Å². The molecule has 0 saturated heterocycles. The van der Waals surface area contributed by atoms with Crippen molar-refractivity contribution < 1.29 is 41.6 Å². The molecular formula is C20H25NO9S. The van der Waals surface area contributed by atoms with Gasteiger partial charge in [-0.2, -0.15) is 0 Å². The second-order valence-corrected chi connectivity index (χ2v) is 7.66. The van der Waals surface area contributed by atoms with E-state index in [1.54, 1.807) is 7.11 Å². The number of methoxy groups -OCH3 is 5. The maximum atomic E-state index is 13.0. The normalized spacial score (nSPS) is 10.9. The lowest BCUT2D eigenvalue weighted by atomic mass is 10.1. The Hall–Kier alpha value is -3.18. The Morgan fingerprint density at radius 2 is 1.55 bits per heavy atom. The number of esters is 1. The van der Waals surface area contributed by atoms with Crippen molar-refractivity contribution in [2.75, 3.05) is 53.5 Å². The molecule has 11 heteroatoms. The summed E-state index contributed by atoms with van der Waals surface area (Å²) in [5.74, 6) is -0.0726. The highest BCUT2D eigenvalue weighted by molar-refractivity contribution is 7.92. The number of rotatable bonds is 11. The number of nitrogens with one attached hydrogen (secondary N) is 1. The zero-order valence-corrected chi connectivity index (χ0v) is 18.7. The van der Waals surface area contributed by atoms with Crippen LogP contribution >= 0.6 is 0 Å². The number of anilines is 1. The molecule has 0 saturated carbocycles. The van der Waals surface area contributed by atoms with Crippen LogP contribution in [0.2, 0.25) is 0 Å². The minimum absolute atomic E-state index is 0.0367. The van der Waals surface area contributed by atoms with Gasteiger partial charge in [-0.15, -0.1) is 0 Å². The number of hydrogen-bond donors (Lipinski definition) is 1. The van der Waals surface area contributed by atoms with E-state index in [-0.39, 0.29) is 33.4 Å². The maximum Gasteiger partial charge on any atom is 0.340 e. The molecule has 0 radical (unpaired) electrons. The van der Waals surface area contributed by atoms with Crippen LogP contribution in [0.1, 0.15) is 10.4 Å². The van der Waals surface area contributed by atoms with Crippen LogP contribution in [0.3, 0.4) is 0 Å². The van der Waals surface area contributed by atoms with Gasteiger partial charge >= 0.3 is 5.97 Å². The van der Waals surface area contributed by atoms with Crippen molar-refractivity contribution in [3.63, 3.8) is 0 Å². The molecule has 0 aliphatic heterocycles. The van der Waals surface area contributed by atoms with E-state index in [1.165, 1.54) is 58.8 Å². The summed E-state index contributed by atoms with van der Waals surface area (Å²) in [7, 11) is 2.65. The first-order valence-electron chi connectivity index (χ1n) is 8.98. The lowest BCUT2D eigenvalue weighted by molar-refractivity contribution is 0.0601. The quantitative estimate of drug-likeness (QED) is 0.402. The largest absolute Gasteiger partial charge is 0.493 e. The molecule has 2 aromatic carbocycles. The molecule has 0 atom stereocenters. The summed E-state index contributed by atoms with van der Waals surface area (Å²) in [6.07, 6.45) is 0. The Bertz CT molecular complexity index is 1000. The standard InChI is InChI=1S/C20H25NO9S/c1-25-10-11-30-13-6-8-14(9-7-13)31(23,24)21-17-15(20(22)29-5)12-16(26-2)18(27-3)19(17)28-4/h6-9,12,21H,10-11H2,1-5H3. The van der Waals surface area contributed by atoms with Gasteiger partial charge < -0.3 is 28.4 Å². The lowest BCUT2D eigenvalue weighted by Crippen LogP contribution is -2.17. The van der Waals surface area contributed by atoms with Gasteiger partial charge in [0.15, 0.2) is 11.5 Å². The maximum absolute atomic E-state index is 13.0. The van der Waals surface area contributed by atoms with Crippen molar-refractivity contribution in [3.8, 4) is 23.0 Å². The Labute approximate surface area is 181 Å². The first-order chi connectivity index (χ1) is 14.8. The van der Waals surface area contributed by atoms with Crippen molar-refractivity contribution in [3.05, 3.63) is 35.9 Å². The summed E-state index contributed by atoms with van der Waals surface area (Å²) in [5.41, 5.74) is -0.257. The van der Waals surface area contributed by atoms with Crippen LogP contribution in [0.4, 0.5) is 5.69 Å². The van der Waals surface area contributed by atoms with Gasteiger partial charge in [-0.3, -0.25) is 4.72 Å². The molecule has 2 rings (SSSR count). The number of carbonyl (C=O) groups excluding carboxylic acids is 1. The van der Waals surface area contributed by atoms with E-state index < -0.39 is 16.0 Å². The third kappa shape index (κ3) is 5.50. The average molecular weight is 455 g/mol. The van der Waals surface area contributed by atoms with Crippen molar-refractivity contribution >= 4 is 21.7 Å². The molecule has 31 heavy (non-hydrogen) atoms. The summed E-state index contributed by atoms with van der Waals surface area (Å²) in [6.45, 7) is 0.725. The smallest absolute Gasteiger partial charge is 0.340 e. The Morgan fingerprint density at radius 1 is 0.903 bits per heavy atom. The van der Waals surface area contributed by atoms with Crippen LogP contribution in [0.15, 0.2) is 35.2 Å². The molecule has 0 bridgehead atoms. The summed E-state index contributed by atoms with van der Waals surface area (Å²) >= 11 is 0. The van der Waals surface area contributed by atoms with E-state index in [4.69, 9.17) is 28.4 Å². The average Bonchev–Trinajstić information content (AvgIpc) is 2.78. The third-order valence-electron chi connectivity index (χ3n) is 4.16. The predicted octanol–water partition coefficient (Wildman–Crippen LogP) is 2.33. The van der Waals surface area contributed by atoms with Crippen LogP contribution < -0.4 is 23.7 Å². The molecule has 170 valence electrons. The minimum Gasteiger partial charge on any atom is -0.493 e. The summed E-state index contributed by atoms with van der Waals surface area (Å²) < 4.78 is 59.4. The van der Waals surface area contributed by atoms with Crippen molar-refractivity contribution in [1.29, 1.82) is 0 Å². The summed E-state index contributed by atoms with van der Waals surface area (Å²) in [4.78, 5) is 12.3. The van der Waals surface area contributed by atoms with Crippen LogP contribution in [-0.4, -0.2) is 63.1 Å². The number of ether oxygens (including phenoxy) is 6. The SMILES string of the molecule is COCCOc1ccc(S(=O)(=O)Nc2c(C(=O)OC)cc(OC)c(OC)c2OC)cc1. The van der Waals surface area contributed by atoms with Crippen molar-refractivity contribution in [2.24, 2.45) is 0 Å². The highest BCUT2D eigenvalue weighted by Gasteiger charge is 2.28. The van der Waals surface area contributed by atoms with Gasteiger partial charge in [0.05, 0.1) is 45.5 Å². The van der Waals surface area contributed by atoms with Gasteiger partial charge in [0, 0.05) is 13.2 Å². The van der Waals surface area contributed by atoms with E-state index >= 15 is 0 Å². The zero-order valence-electron chi connectivity index (χ0n) is 17.9. The first kappa shape index (κ1) is 24.1. The summed E-state index contributed by atoms with van der Waals surface area (Å²) in [5, 5.41) is 0. The molecule has 0 aliphatic carbocycles. The first-order valence-corrected chi connectivity index (χ1v) is 10.5. The minimum atomic E-state index is -4.11. The monoisotopic (exact) mass is 455 g/mol. The van der Waals surface area contributed by atoms with Crippen molar-refractivity contribution in [1.82, 2.24) is 0 Å². The molecule has 0 fully saturated rings. The Balaban J connectivity index is 2.48. The van der Waals surface area contributed by atoms with E-state index in [2.05, 4.69) is 4.72 Å². The van der Waals surface area contributed by atoms with Gasteiger partial charge in [-0.25, -0.2) is 13.2 Å². The highest BCUT2D eigenvalue weighted by atomic mass is 32.2. The third-order valence-corrected chi connectivity index (χ3v) is 5.53. The van der Waals surface area contributed by atoms with E-state index in [0.29, 0.717) is 19.0 Å². The van der Waals surface area contributed by atoms with E-state index in [0.717, 1.165) is 0 Å². The molecule has 1 N–H and O–H groups in total.